The molecule has 0 bridgehead atoms. The first-order valence-corrected chi connectivity index (χ1v) is 5.09. The fourth-order valence-corrected chi connectivity index (χ4v) is 2.06. The average Bonchev–Trinajstić information content (AvgIpc) is 2.47. The third-order valence-corrected chi connectivity index (χ3v) is 2.62. The number of hydrogen-bond acceptors (Lipinski definition) is 5. The first-order valence-electron chi connectivity index (χ1n) is 4.28. The minimum atomic E-state index is -0.312. The van der Waals surface area contributed by atoms with Crippen LogP contribution >= 0.6 is 11.3 Å². The molecule has 0 aliphatic rings. The fourth-order valence-electron chi connectivity index (χ4n) is 1.04. The molecule has 0 spiro atoms. The van der Waals surface area contributed by atoms with Crippen LogP contribution in [-0.2, 0) is 13.0 Å². The maximum absolute atomic E-state index is 10.1. The lowest BCUT2D eigenvalue weighted by atomic mass is 10.4. The van der Waals surface area contributed by atoms with Crippen molar-refractivity contribution in [3.05, 3.63) is 26.2 Å². The molecule has 0 aromatic carbocycles. The van der Waals surface area contributed by atoms with E-state index in [0.29, 0.717) is 6.42 Å². The Balaban J connectivity index is 2.46. The second-order valence-electron chi connectivity index (χ2n) is 3.26. The number of nitro groups is 1. The van der Waals surface area contributed by atoms with Gasteiger partial charge in [-0.15, -0.1) is 11.3 Å². The van der Waals surface area contributed by atoms with Gasteiger partial charge in [0.15, 0.2) is 0 Å². The van der Waals surface area contributed by atoms with Gasteiger partial charge in [0, 0.05) is 22.5 Å². The highest BCUT2D eigenvalue weighted by molar-refractivity contribution is 7.11. The fraction of sp³-hybridized carbons (Fsp3) is 0.625. The van der Waals surface area contributed by atoms with Crippen LogP contribution in [0.2, 0.25) is 0 Å². The van der Waals surface area contributed by atoms with Crippen LogP contribution in [0.5, 0.6) is 0 Å². The van der Waals surface area contributed by atoms with Crippen LogP contribution in [0, 0.1) is 10.1 Å². The molecule has 1 aromatic rings. The summed E-state index contributed by atoms with van der Waals surface area (Å²) in [5.74, 6) is 0. The summed E-state index contributed by atoms with van der Waals surface area (Å²) in [6.45, 7) is 0.811. The van der Waals surface area contributed by atoms with Crippen molar-refractivity contribution in [2.75, 3.05) is 20.6 Å². The van der Waals surface area contributed by atoms with E-state index in [1.807, 2.05) is 19.0 Å². The number of hydrogen-bond donors (Lipinski definition) is 0. The molecule has 1 heterocycles. The van der Waals surface area contributed by atoms with Gasteiger partial charge in [-0.25, -0.2) is 4.98 Å². The van der Waals surface area contributed by atoms with Gasteiger partial charge in [-0.3, -0.25) is 10.1 Å². The van der Waals surface area contributed by atoms with Crippen LogP contribution in [0.1, 0.15) is 9.88 Å². The van der Waals surface area contributed by atoms with Gasteiger partial charge in [-0.2, -0.15) is 0 Å². The van der Waals surface area contributed by atoms with E-state index < -0.39 is 0 Å². The molecule has 78 valence electrons. The smallest absolute Gasteiger partial charge is 0.210 e. The molecule has 0 unspecified atom stereocenters. The standard InChI is InChI=1S/C8H13N3O2S/c1-10(2)6-7-5-9-8(14-7)3-4-11(12)13/h5H,3-4,6H2,1-2H3. The largest absolute Gasteiger partial charge is 0.304 e. The predicted molar refractivity (Wildman–Crippen MR) is 55.1 cm³/mol. The topological polar surface area (TPSA) is 59.3 Å². The summed E-state index contributed by atoms with van der Waals surface area (Å²) in [4.78, 5) is 17.1. The summed E-state index contributed by atoms with van der Waals surface area (Å²) in [6, 6.07) is 0. The Bertz CT molecular complexity index is 311. The summed E-state index contributed by atoms with van der Waals surface area (Å²) in [6.07, 6.45) is 2.23. The first kappa shape index (κ1) is 11.1. The Kier molecular flexibility index (Phi) is 3.97. The van der Waals surface area contributed by atoms with Gasteiger partial charge in [-0.05, 0) is 14.1 Å². The lowest BCUT2D eigenvalue weighted by Gasteiger charge is -2.05. The zero-order valence-electron chi connectivity index (χ0n) is 8.27. The van der Waals surface area contributed by atoms with E-state index >= 15 is 0 Å². The summed E-state index contributed by atoms with van der Waals surface area (Å²) in [5.41, 5.74) is 0. The SMILES string of the molecule is CN(C)Cc1cnc(CC[N+](=O)[O-])s1. The Morgan fingerprint density at radius 3 is 2.93 bits per heavy atom. The van der Waals surface area contributed by atoms with Crippen molar-refractivity contribution in [2.24, 2.45) is 0 Å². The molecule has 0 saturated carbocycles. The molecule has 0 aliphatic heterocycles. The molecular formula is C8H13N3O2S. The number of rotatable bonds is 5. The molecular weight excluding hydrogens is 202 g/mol. The maximum Gasteiger partial charge on any atom is 0.210 e. The normalized spacial score (nSPS) is 10.8. The number of nitrogens with zero attached hydrogens (tertiary/aromatic N) is 3. The first-order chi connectivity index (χ1) is 6.58. The molecule has 5 nitrogen and oxygen atoms in total. The quantitative estimate of drug-likeness (QED) is 0.543. The lowest BCUT2D eigenvalue weighted by Crippen LogP contribution is -2.09. The second kappa shape index (κ2) is 5.02. The van der Waals surface area contributed by atoms with E-state index in [0.717, 1.165) is 16.4 Å². The summed E-state index contributed by atoms with van der Waals surface area (Å²) in [7, 11) is 3.97. The Hall–Kier alpha value is -1.01. The summed E-state index contributed by atoms with van der Waals surface area (Å²) < 4.78 is 0. The van der Waals surface area contributed by atoms with E-state index in [-0.39, 0.29) is 11.5 Å². The van der Waals surface area contributed by atoms with Crippen LogP contribution in [0.4, 0.5) is 0 Å². The van der Waals surface area contributed by atoms with Gasteiger partial charge in [0.25, 0.3) is 0 Å². The molecule has 0 aliphatic carbocycles. The van der Waals surface area contributed by atoms with Crippen molar-refractivity contribution < 1.29 is 4.92 Å². The number of thiazole rings is 1. The minimum Gasteiger partial charge on any atom is -0.304 e. The maximum atomic E-state index is 10.1. The molecule has 1 aromatic heterocycles. The lowest BCUT2D eigenvalue weighted by molar-refractivity contribution is -0.479. The monoisotopic (exact) mass is 215 g/mol. The highest BCUT2D eigenvalue weighted by Gasteiger charge is 2.05. The van der Waals surface area contributed by atoms with E-state index in [1.165, 1.54) is 0 Å². The second-order valence-corrected chi connectivity index (χ2v) is 4.46. The van der Waals surface area contributed by atoms with Crippen LogP contribution in [0.15, 0.2) is 6.20 Å². The highest BCUT2D eigenvalue weighted by atomic mass is 32.1. The van der Waals surface area contributed by atoms with Gasteiger partial charge in [0.2, 0.25) is 6.54 Å². The predicted octanol–water partition coefficient (Wildman–Crippen LogP) is 1.02. The van der Waals surface area contributed by atoms with E-state index in [2.05, 4.69) is 4.98 Å². The van der Waals surface area contributed by atoms with Crippen molar-refractivity contribution in [3.8, 4) is 0 Å². The van der Waals surface area contributed by atoms with Gasteiger partial charge in [0.05, 0.1) is 11.4 Å². The van der Waals surface area contributed by atoms with Crippen LogP contribution < -0.4 is 0 Å². The number of aromatic nitrogens is 1. The van der Waals surface area contributed by atoms with Gasteiger partial charge in [-0.1, -0.05) is 0 Å². The Morgan fingerprint density at radius 2 is 2.36 bits per heavy atom. The molecule has 0 saturated heterocycles. The van der Waals surface area contributed by atoms with Crippen LogP contribution in [-0.4, -0.2) is 35.4 Å². The van der Waals surface area contributed by atoms with E-state index in [9.17, 15) is 10.1 Å². The van der Waals surface area contributed by atoms with Crippen molar-refractivity contribution in [3.63, 3.8) is 0 Å². The summed E-state index contributed by atoms with van der Waals surface area (Å²) in [5, 5.41) is 11.0. The summed E-state index contributed by atoms with van der Waals surface area (Å²) >= 11 is 1.55. The molecule has 0 N–H and O–H groups in total. The van der Waals surface area contributed by atoms with Crippen LogP contribution in [0.3, 0.4) is 0 Å². The minimum absolute atomic E-state index is 0.0328. The van der Waals surface area contributed by atoms with Crippen molar-refractivity contribution in [1.82, 2.24) is 9.88 Å². The van der Waals surface area contributed by atoms with Crippen molar-refractivity contribution in [2.45, 2.75) is 13.0 Å². The molecule has 0 radical (unpaired) electrons. The van der Waals surface area contributed by atoms with Crippen LogP contribution in [0.25, 0.3) is 0 Å². The molecule has 0 amide bonds. The van der Waals surface area contributed by atoms with Crippen molar-refractivity contribution >= 4 is 11.3 Å². The zero-order chi connectivity index (χ0) is 10.6. The van der Waals surface area contributed by atoms with Gasteiger partial charge >= 0.3 is 0 Å². The molecule has 6 heteroatoms. The van der Waals surface area contributed by atoms with Crippen molar-refractivity contribution in [1.29, 1.82) is 0 Å². The molecule has 0 fully saturated rings. The Labute approximate surface area is 86.5 Å². The third-order valence-electron chi connectivity index (χ3n) is 1.58. The van der Waals surface area contributed by atoms with Gasteiger partial charge < -0.3 is 4.90 Å². The Morgan fingerprint density at radius 1 is 1.64 bits per heavy atom. The molecule has 0 atom stereocenters. The third kappa shape index (κ3) is 3.80. The zero-order valence-corrected chi connectivity index (χ0v) is 9.08. The molecule has 1 rings (SSSR count). The average molecular weight is 215 g/mol. The van der Waals surface area contributed by atoms with E-state index in [1.54, 1.807) is 17.5 Å². The van der Waals surface area contributed by atoms with Gasteiger partial charge in [0.1, 0.15) is 0 Å². The molecule has 14 heavy (non-hydrogen) atoms. The highest BCUT2D eigenvalue weighted by Crippen LogP contribution is 2.14. The van der Waals surface area contributed by atoms with E-state index in [4.69, 9.17) is 0 Å².